The Bertz CT molecular complexity index is 306. The lowest BCUT2D eigenvalue weighted by Crippen LogP contribution is -2.24. The molecule has 1 aromatic rings. The third-order valence-corrected chi connectivity index (χ3v) is 2.39. The first-order valence-corrected chi connectivity index (χ1v) is 4.89. The van der Waals surface area contributed by atoms with Crippen molar-refractivity contribution >= 4 is 17.2 Å². The van der Waals surface area contributed by atoms with Gasteiger partial charge in [0.2, 0.25) is 5.91 Å². The van der Waals surface area contributed by atoms with Gasteiger partial charge in [0.15, 0.2) is 0 Å². The Balaban J connectivity index is 2.40. The van der Waals surface area contributed by atoms with Crippen LogP contribution in [0, 0.1) is 6.92 Å². The Kier molecular flexibility index (Phi) is 3.64. The number of hydrogen-bond donors (Lipinski definition) is 1. The number of thiazole rings is 1. The maximum atomic E-state index is 11.2. The summed E-state index contributed by atoms with van der Waals surface area (Å²) in [6, 6.07) is 0. The molecule has 1 N–H and O–H groups in total. The first-order valence-electron chi connectivity index (χ1n) is 4.01. The van der Waals surface area contributed by atoms with Crippen LogP contribution < -0.4 is 5.32 Å². The van der Waals surface area contributed by atoms with Crippen molar-refractivity contribution in [3.63, 3.8) is 0 Å². The highest BCUT2D eigenvalue weighted by Gasteiger charge is 2.04. The Morgan fingerprint density at radius 3 is 3.15 bits per heavy atom. The number of aryl methyl sites for hydroxylation is 1. The molecule has 1 aromatic heterocycles. The Labute approximate surface area is 81.5 Å². The van der Waals surface area contributed by atoms with Crippen LogP contribution in [-0.2, 0) is 11.2 Å². The molecule has 0 bridgehead atoms. The van der Waals surface area contributed by atoms with Gasteiger partial charge in [0.25, 0.3) is 0 Å². The molecule has 0 fully saturated rings. The van der Waals surface area contributed by atoms with Gasteiger partial charge in [-0.1, -0.05) is 6.08 Å². The number of aromatic nitrogens is 1. The summed E-state index contributed by atoms with van der Waals surface area (Å²) in [6.45, 7) is 5.95. The molecule has 1 rings (SSSR count). The summed E-state index contributed by atoms with van der Waals surface area (Å²) < 4.78 is 0. The molecule has 3 nitrogen and oxygen atoms in total. The summed E-state index contributed by atoms with van der Waals surface area (Å²) in [5.41, 5.74) is 0.969. The van der Waals surface area contributed by atoms with E-state index in [0.717, 1.165) is 10.7 Å². The minimum atomic E-state index is -0.00532. The van der Waals surface area contributed by atoms with Crippen molar-refractivity contribution in [1.29, 1.82) is 0 Å². The van der Waals surface area contributed by atoms with Crippen molar-refractivity contribution in [1.82, 2.24) is 10.3 Å². The Morgan fingerprint density at radius 2 is 2.62 bits per heavy atom. The monoisotopic (exact) mass is 196 g/mol. The van der Waals surface area contributed by atoms with E-state index < -0.39 is 0 Å². The molecule has 0 saturated carbocycles. The maximum absolute atomic E-state index is 11.2. The van der Waals surface area contributed by atoms with E-state index in [4.69, 9.17) is 0 Å². The van der Waals surface area contributed by atoms with E-state index in [2.05, 4.69) is 16.9 Å². The lowest BCUT2D eigenvalue weighted by molar-refractivity contribution is -0.120. The van der Waals surface area contributed by atoms with Gasteiger partial charge in [-0.05, 0) is 6.92 Å². The average molecular weight is 196 g/mol. The highest BCUT2D eigenvalue weighted by molar-refractivity contribution is 7.09. The molecular formula is C9H12N2OS. The first kappa shape index (κ1) is 9.92. The lowest BCUT2D eigenvalue weighted by Gasteiger charge is -1.98. The van der Waals surface area contributed by atoms with E-state index in [9.17, 15) is 4.79 Å². The van der Waals surface area contributed by atoms with Gasteiger partial charge >= 0.3 is 0 Å². The molecule has 0 unspecified atom stereocenters. The molecule has 0 atom stereocenters. The minimum absolute atomic E-state index is 0.00532. The second-order valence-electron chi connectivity index (χ2n) is 2.65. The SMILES string of the molecule is C=CCNC(=O)Cc1nc(C)cs1. The standard InChI is InChI=1S/C9H12N2OS/c1-3-4-10-8(12)5-9-11-7(2)6-13-9/h3,6H,1,4-5H2,2H3,(H,10,12). The van der Waals surface area contributed by atoms with Crippen molar-refractivity contribution in [2.24, 2.45) is 0 Å². The second kappa shape index (κ2) is 4.77. The molecule has 70 valence electrons. The molecule has 0 aromatic carbocycles. The van der Waals surface area contributed by atoms with Crippen molar-refractivity contribution in [3.05, 3.63) is 28.7 Å². The summed E-state index contributed by atoms with van der Waals surface area (Å²) in [4.78, 5) is 15.4. The van der Waals surface area contributed by atoms with Gasteiger partial charge < -0.3 is 5.32 Å². The summed E-state index contributed by atoms with van der Waals surface area (Å²) in [5, 5.41) is 5.50. The topological polar surface area (TPSA) is 42.0 Å². The summed E-state index contributed by atoms with van der Waals surface area (Å²) >= 11 is 1.51. The minimum Gasteiger partial charge on any atom is -0.352 e. The lowest BCUT2D eigenvalue weighted by atomic mass is 10.4. The van der Waals surface area contributed by atoms with Crippen LogP contribution >= 0.6 is 11.3 Å². The van der Waals surface area contributed by atoms with Crippen LogP contribution in [-0.4, -0.2) is 17.4 Å². The quantitative estimate of drug-likeness (QED) is 0.737. The third-order valence-electron chi connectivity index (χ3n) is 1.42. The molecule has 0 saturated heterocycles. The van der Waals surface area contributed by atoms with Gasteiger partial charge in [0.1, 0.15) is 5.01 Å². The van der Waals surface area contributed by atoms with Crippen molar-refractivity contribution < 1.29 is 4.79 Å². The molecular weight excluding hydrogens is 184 g/mol. The molecule has 0 aliphatic rings. The van der Waals surface area contributed by atoms with E-state index in [1.54, 1.807) is 6.08 Å². The highest BCUT2D eigenvalue weighted by atomic mass is 32.1. The Morgan fingerprint density at radius 1 is 1.85 bits per heavy atom. The van der Waals surface area contributed by atoms with Crippen LogP contribution in [0.3, 0.4) is 0 Å². The van der Waals surface area contributed by atoms with Gasteiger partial charge in [-0.2, -0.15) is 0 Å². The van der Waals surface area contributed by atoms with Gasteiger partial charge in [-0.3, -0.25) is 4.79 Å². The van der Waals surface area contributed by atoms with Crippen LogP contribution in [0.1, 0.15) is 10.7 Å². The fraction of sp³-hybridized carbons (Fsp3) is 0.333. The van der Waals surface area contributed by atoms with Gasteiger partial charge in [-0.15, -0.1) is 17.9 Å². The number of carbonyl (C=O) groups is 1. The number of amides is 1. The van der Waals surface area contributed by atoms with Crippen LogP contribution in [0.25, 0.3) is 0 Å². The molecule has 13 heavy (non-hydrogen) atoms. The normalized spacial score (nSPS) is 9.62. The van der Waals surface area contributed by atoms with E-state index in [0.29, 0.717) is 13.0 Å². The van der Waals surface area contributed by atoms with E-state index >= 15 is 0 Å². The first-order chi connectivity index (χ1) is 6.22. The highest BCUT2D eigenvalue weighted by Crippen LogP contribution is 2.08. The van der Waals surface area contributed by atoms with E-state index in [1.807, 2.05) is 12.3 Å². The summed E-state index contributed by atoms with van der Waals surface area (Å²) in [6.07, 6.45) is 2.03. The number of rotatable bonds is 4. The van der Waals surface area contributed by atoms with Gasteiger partial charge in [0, 0.05) is 17.6 Å². The predicted octanol–water partition coefficient (Wildman–Crippen LogP) is 1.30. The number of hydrogen-bond acceptors (Lipinski definition) is 3. The number of nitrogens with zero attached hydrogens (tertiary/aromatic N) is 1. The maximum Gasteiger partial charge on any atom is 0.227 e. The average Bonchev–Trinajstić information content (AvgIpc) is 2.48. The molecule has 0 aliphatic carbocycles. The fourth-order valence-corrected chi connectivity index (χ4v) is 1.64. The third kappa shape index (κ3) is 3.38. The summed E-state index contributed by atoms with van der Waals surface area (Å²) in [7, 11) is 0. The van der Waals surface area contributed by atoms with Gasteiger partial charge in [-0.25, -0.2) is 4.98 Å². The zero-order valence-electron chi connectivity index (χ0n) is 7.54. The zero-order chi connectivity index (χ0) is 9.68. The molecule has 1 amide bonds. The molecule has 0 radical (unpaired) electrons. The molecule has 4 heteroatoms. The second-order valence-corrected chi connectivity index (χ2v) is 3.59. The smallest absolute Gasteiger partial charge is 0.227 e. The van der Waals surface area contributed by atoms with Crippen molar-refractivity contribution in [2.75, 3.05) is 6.54 Å². The van der Waals surface area contributed by atoms with Crippen LogP contribution in [0.2, 0.25) is 0 Å². The van der Waals surface area contributed by atoms with Crippen molar-refractivity contribution in [3.8, 4) is 0 Å². The van der Waals surface area contributed by atoms with Crippen molar-refractivity contribution in [2.45, 2.75) is 13.3 Å². The molecule has 1 heterocycles. The fourth-order valence-electron chi connectivity index (χ4n) is 0.870. The van der Waals surface area contributed by atoms with Gasteiger partial charge in [0.05, 0.1) is 6.42 Å². The van der Waals surface area contributed by atoms with Crippen LogP contribution in [0.4, 0.5) is 0 Å². The van der Waals surface area contributed by atoms with Crippen LogP contribution in [0.15, 0.2) is 18.0 Å². The predicted molar refractivity (Wildman–Crippen MR) is 53.8 cm³/mol. The number of nitrogens with one attached hydrogen (secondary N) is 1. The Hall–Kier alpha value is -1.16. The largest absolute Gasteiger partial charge is 0.352 e. The zero-order valence-corrected chi connectivity index (χ0v) is 8.36. The van der Waals surface area contributed by atoms with Crippen LogP contribution in [0.5, 0.6) is 0 Å². The van der Waals surface area contributed by atoms with E-state index in [1.165, 1.54) is 11.3 Å². The molecule has 0 spiro atoms. The number of carbonyl (C=O) groups excluding carboxylic acids is 1. The molecule has 0 aliphatic heterocycles. The van der Waals surface area contributed by atoms with E-state index in [-0.39, 0.29) is 5.91 Å². The summed E-state index contributed by atoms with van der Waals surface area (Å²) in [5.74, 6) is -0.00532.